The number of carbonyl (C=O) groups is 1. The molecule has 162 valence electrons. The normalized spacial score (nSPS) is 15.4. The first kappa shape index (κ1) is 22.3. The molecular formula is C23H29FN2O3S. The van der Waals surface area contributed by atoms with Gasteiger partial charge in [0.2, 0.25) is 0 Å². The number of nitrogens with zero attached hydrogens (tertiary/aromatic N) is 1. The van der Waals surface area contributed by atoms with Crippen LogP contribution in [0.3, 0.4) is 0 Å². The van der Waals surface area contributed by atoms with Crippen molar-refractivity contribution < 1.29 is 17.6 Å². The minimum Gasteiger partial charge on any atom is -0.352 e. The molecule has 1 aliphatic carbocycles. The maximum absolute atomic E-state index is 14.0. The smallest absolute Gasteiger partial charge is 0.264 e. The summed E-state index contributed by atoms with van der Waals surface area (Å²) in [6.07, 6.45) is 8.48. The van der Waals surface area contributed by atoms with Crippen molar-refractivity contribution >= 4 is 21.6 Å². The van der Waals surface area contributed by atoms with E-state index in [1.165, 1.54) is 82.0 Å². The van der Waals surface area contributed by atoms with Crippen molar-refractivity contribution in [2.24, 2.45) is 5.92 Å². The van der Waals surface area contributed by atoms with E-state index in [-0.39, 0.29) is 22.1 Å². The summed E-state index contributed by atoms with van der Waals surface area (Å²) in [5.74, 6) is -0.279. The Balaban J connectivity index is 1.67. The molecule has 0 saturated heterocycles. The standard InChI is InChI=1S/C23H29FN2O3S/c1-26(22-14-7-6-13-21(22)24)30(28,29)20-12-8-11-19(17-20)23(27)25-16-15-18-9-4-2-3-5-10-18/h6-8,11-14,17-18H,2-5,9-10,15-16H2,1H3,(H,25,27). The lowest BCUT2D eigenvalue weighted by Gasteiger charge is -2.20. The van der Waals surface area contributed by atoms with Crippen molar-refractivity contribution in [3.63, 3.8) is 0 Å². The second kappa shape index (κ2) is 10.1. The second-order valence-corrected chi connectivity index (χ2v) is 9.82. The molecule has 1 amide bonds. The number of hydrogen-bond acceptors (Lipinski definition) is 3. The minimum atomic E-state index is -4.00. The summed E-state index contributed by atoms with van der Waals surface area (Å²) < 4.78 is 40.8. The highest BCUT2D eigenvalue weighted by Crippen LogP contribution is 2.26. The van der Waals surface area contributed by atoms with Crippen LogP contribution in [-0.2, 0) is 10.0 Å². The van der Waals surface area contributed by atoms with E-state index in [1.54, 1.807) is 12.1 Å². The third-order valence-corrected chi connectivity index (χ3v) is 7.53. The Morgan fingerprint density at radius 1 is 1.07 bits per heavy atom. The van der Waals surface area contributed by atoms with Gasteiger partial charge in [-0.1, -0.05) is 56.7 Å². The molecule has 1 N–H and O–H groups in total. The summed E-state index contributed by atoms with van der Waals surface area (Å²) >= 11 is 0. The molecular weight excluding hydrogens is 403 g/mol. The van der Waals surface area contributed by atoms with E-state index < -0.39 is 15.8 Å². The van der Waals surface area contributed by atoms with Crippen molar-refractivity contribution in [2.75, 3.05) is 17.9 Å². The quantitative estimate of drug-likeness (QED) is 0.643. The van der Waals surface area contributed by atoms with Gasteiger partial charge in [-0.3, -0.25) is 9.10 Å². The topological polar surface area (TPSA) is 66.5 Å². The molecule has 0 heterocycles. The fraction of sp³-hybridized carbons (Fsp3) is 0.435. The Bertz CT molecular complexity index is 970. The monoisotopic (exact) mass is 432 g/mol. The van der Waals surface area contributed by atoms with Crippen LogP contribution in [-0.4, -0.2) is 27.9 Å². The number of anilines is 1. The Morgan fingerprint density at radius 2 is 1.77 bits per heavy atom. The van der Waals surface area contributed by atoms with Crippen LogP contribution in [0.2, 0.25) is 0 Å². The van der Waals surface area contributed by atoms with Gasteiger partial charge in [0.05, 0.1) is 10.6 Å². The van der Waals surface area contributed by atoms with Gasteiger partial charge in [-0.15, -0.1) is 0 Å². The first-order valence-electron chi connectivity index (χ1n) is 10.5. The van der Waals surface area contributed by atoms with Crippen LogP contribution >= 0.6 is 0 Å². The van der Waals surface area contributed by atoms with Gasteiger partial charge in [0, 0.05) is 19.2 Å². The molecule has 0 aliphatic heterocycles. The first-order chi connectivity index (χ1) is 14.4. The van der Waals surface area contributed by atoms with Crippen molar-refractivity contribution in [2.45, 2.75) is 49.8 Å². The molecule has 1 aliphatic rings. The molecule has 0 atom stereocenters. The molecule has 2 aromatic rings. The van der Waals surface area contributed by atoms with Crippen molar-refractivity contribution in [1.29, 1.82) is 0 Å². The predicted octanol–water partition coefficient (Wildman–Crippen LogP) is 4.74. The van der Waals surface area contributed by atoms with Crippen LogP contribution in [0.15, 0.2) is 53.4 Å². The number of carbonyl (C=O) groups excluding carboxylic acids is 1. The van der Waals surface area contributed by atoms with E-state index in [4.69, 9.17) is 0 Å². The summed E-state index contributed by atoms with van der Waals surface area (Å²) in [7, 11) is -2.70. The van der Waals surface area contributed by atoms with E-state index >= 15 is 0 Å². The van der Waals surface area contributed by atoms with Crippen LogP contribution in [0.4, 0.5) is 10.1 Å². The van der Waals surface area contributed by atoms with E-state index in [2.05, 4.69) is 5.32 Å². The molecule has 0 unspecified atom stereocenters. The third-order valence-electron chi connectivity index (χ3n) is 5.76. The lowest BCUT2D eigenvalue weighted by molar-refractivity contribution is 0.0950. The summed E-state index contributed by atoms with van der Waals surface area (Å²) in [4.78, 5) is 12.5. The van der Waals surface area contributed by atoms with Crippen molar-refractivity contribution in [1.82, 2.24) is 5.32 Å². The van der Waals surface area contributed by atoms with Gasteiger partial charge in [0.25, 0.3) is 15.9 Å². The zero-order valence-electron chi connectivity index (χ0n) is 17.3. The highest BCUT2D eigenvalue weighted by Gasteiger charge is 2.24. The number of halogens is 1. The molecule has 30 heavy (non-hydrogen) atoms. The van der Waals surface area contributed by atoms with E-state index in [1.807, 2.05) is 0 Å². The highest BCUT2D eigenvalue weighted by atomic mass is 32.2. The Labute approximate surface area is 178 Å². The van der Waals surface area contributed by atoms with E-state index in [0.717, 1.165) is 10.7 Å². The van der Waals surface area contributed by atoms with Gasteiger partial charge in [-0.05, 0) is 42.7 Å². The second-order valence-electron chi connectivity index (χ2n) is 7.85. The number of rotatable bonds is 7. The van der Waals surface area contributed by atoms with E-state index in [0.29, 0.717) is 12.5 Å². The maximum atomic E-state index is 14.0. The summed E-state index contributed by atoms with van der Waals surface area (Å²) in [5.41, 5.74) is 0.231. The molecule has 1 saturated carbocycles. The molecule has 0 radical (unpaired) electrons. The Morgan fingerprint density at radius 3 is 2.47 bits per heavy atom. The average Bonchev–Trinajstić information content (AvgIpc) is 3.02. The average molecular weight is 433 g/mol. The number of nitrogens with one attached hydrogen (secondary N) is 1. The third kappa shape index (κ3) is 5.39. The van der Waals surface area contributed by atoms with Crippen LogP contribution < -0.4 is 9.62 Å². The van der Waals surface area contributed by atoms with Crippen LogP contribution in [0.1, 0.15) is 55.3 Å². The molecule has 7 heteroatoms. The minimum absolute atomic E-state index is 0.0456. The molecule has 0 aromatic heterocycles. The Hall–Kier alpha value is -2.41. The lowest BCUT2D eigenvalue weighted by Crippen LogP contribution is -2.29. The van der Waals surface area contributed by atoms with Gasteiger partial charge in [0.1, 0.15) is 5.82 Å². The predicted molar refractivity (Wildman–Crippen MR) is 117 cm³/mol. The van der Waals surface area contributed by atoms with Gasteiger partial charge in [0.15, 0.2) is 0 Å². The summed E-state index contributed by atoms with van der Waals surface area (Å²) in [6, 6.07) is 11.5. The SMILES string of the molecule is CN(c1ccccc1F)S(=O)(=O)c1cccc(C(=O)NCCC2CCCCCC2)c1. The fourth-order valence-corrected chi connectivity index (χ4v) is 5.19. The molecule has 0 spiro atoms. The van der Waals surface area contributed by atoms with Gasteiger partial charge in [-0.25, -0.2) is 12.8 Å². The fourth-order valence-electron chi connectivity index (χ4n) is 3.94. The number of hydrogen-bond donors (Lipinski definition) is 1. The van der Waals surface area contributed by atoms with Crippen molar-refractivity contribution in [3.8, 4) is 0 Å². The molecule has 0 bridgehead atoms. The molecule has 5 nitrogen and oxygen atoms in total. The van der Waals surface area contributed by atoms with E-state index in [9.17, 15) is 17.6 Å². The zero-order valence-corrected chi connectivity index (χ0v) is 18.1. The molecule has 3 rings (SSSR count). The number of benzene rings is 2. The van der Waals surface area contributed by atoms with Crippen LogP contribution in [0.5, 0.6) is 0 Å². The van der Waals surface area contributed by atoms with Crippen LogP contribution in [0.25, 0.3) is 0 Å². The van der Waals surface area contributed by atoms with Crippen LogP contribution in [0, 0.1) is 11.7 Å². The largest absolute Gasteiger partial charge is 0.352 e. The van der Waals surface area contributed by atoms with Crippen molar-refractivity contribution in [3.05, 3.63) is 59.9 Å². The van der Waals surface area contributed by atoms with Gasteiger partial charge < -0.3 is 5.32 Å². The number of sulfonamides is 1. The first-order valence-corrected chi connectivity index (χ1v) is 12.0. The lowest BCUT2D eigenvalue weighted by atomic mass is 9.97. The molecule has 2 aromatic carbocycles. The maximum Gasteiger partial charge on any atom is 0.264 e. The number of para-hydroxylation sites is 1. The summed E-state index contributed by atoms with van der Waals surface area (Å²) in [6.45, 7) is 0.579. The Kier molecular flexibility index (Phi) is 7.48. The zero-order chi connectivity index (χ0) is 21.6. The highest BCUT2D eigenvalue weighted by molar-refractivity contribution is 7.92. The van der Waals surface area contributed by atoms with Gasteiger partial charge in [-0.2, -0.15) is 0 Å². The molecule has 1 fully saturated rings. The van der Waals surface area contributed by atoms with Gasteiger partial charge >= 0.3 is 0 Å². The number of amides is 1. The summed E-state index contributed by atoms with van der Waals surface area (Å²) in [5, 5.41) is 2.91.